The van der Waals surface area contributed by atoms with E-state index >= 15 is 0 Å². The predicted molar refractivity (Wildman–Crippen MR) is 210 cm³/mol. The van der Waals surface area contributed by atoms with Gasteiger partial charge in [0.25, 0.3) is 0 Å². The zero-order chi connectivity index (χ0) is 44.8. The molecule has 4 aliphatic heterocycles. The van der Waals surface area contributed by atoms with Crippen LogP contribution < -0.4 is 38.9 Å². The van der Waals surface area contributed by atoms with Crippen molar-refractivity contribution in [2.24, 2.45) is 10.9 Å². The Morgan fingerprint density at radius 2 is 1.02 bits per heavy atom. The summed E-state index contributed by atoms with van der Waals surface area (Å²) >= 11 is 0. The number of halogens is 4. The van der Waals surface area contributed by atoms with Crippen LogP contribution >= 0.6 is 0 Å². The second-order valence-electron chi connectivity index (χ2n) is 13.0. The number of ether oxygens (including phenoxy) is 10. The second-order valence-corrected chi connectivity index (χ2v) is 13.0. The molecule has 20 heteroatoms. The molecule has 4 aliphatic rings. The third kappa shape index (κ3) is 11.9. The molecule has 0 saturated carbocycles. The summed E-state index contributed by atoms with van der Waals surface area (Å²) in [7, 11) is 6.11. The number of carbonyl (C=O) groups excluding carboxylic acids is 2. The van der Waals surface area contributed by atoms with Crippen LogP contribution in [-0.2, 0) is 19.0 Å². The quantitative estimate of drug-likeness (QED) is 0.0989. The van der Waals surface area contributed by atoms with Crippen LogP contribution in [0.5, 0.6) is 46.0 Å². The van der Waals surface area contributed by atoms with E-state index < -0.39 is 17.5 Å². The molecule has 16 nitrogen and oxygen atoms in total. The van der Waals surface area contributed by atoms with Crippen LogP contribution in [0.4, 0.5) is 17.6 Å². The Hall–Kier alpha value is -6.35. The minimum absolute atomic E-state index is 0.0130. The highest BCUT2D eigenvalue weighted by atomic mass is 19.1. The van der Waals surface area contributed by atoms with E-state index in [1.807, 2.05) is 0 Å². The maximum atomic E-state index is 13.9. The number of rotatable bonds is 13. The van der Waals surface area contributed by atoms with Gasteiger partial charge >= 0.3 is 0 Å². The van der Waals surface area contributed by atoms with Crippen molar-refractivity contribution in [3.8, 4) is 46.0 Å². The summed E-state index contributed by atoms with van der Waals surface area (Å²) in [4.78, 5) is 26.8. The number of oxime groups is 1. The zero-order valence-electron chi connectivity index (χ0n) is 34.1. The Balaban J connectivity index is 0.000000157. The number of carbonyl (C=O) groups is 2. The van der Waals surface area contributed by atoms with Crippen LogP contribution in [0.15, 0.2) is 53.7 Å². The van der Waals surface area contributed by atoms with Crippen LogP contribution in [0.2, 0.25) is 0 Å². The van der Waals surface area contributed by atoms with Gasteiger partial charge in [0, 0.05) is 69.9 Å². The van der Waals surface area contributed by atoms with Crippen LogP contribution in [0.3, 0.4) is 0 Å². The van der Waals surface area contributed by atoms with Crippen LogP contribution in [0.25, 0.3) is 0 Å². The monoisotopic (exact) mass is 876 g/mol. The third-order valence-corrected chi connectivity index (χ3v) is 8.75. The number of nitrogens with two attached hydrogens (primary N) is 1. The Labute approximate surface area is 352 Å². The number of methoxy groups -OCH3 is 3. The lowest BCUT2D eigenvalue weighted by atomic mass is 10.1. The zero-order valence-corrected chi connectivity index (χ0v) is 34.1. The predicted octanol–water partition coefficient (Wildman–Crippen LogP) is 5.37. The van der Waals surface area contributed by atoms with Crippen molar-refractivity contribution in [3.63, 3.8) is 0 Å². The van der Waals surface area contributed by atoms with Gasteiger partial charge in [-0.05, 0) is 0 Å². The highest BCUT2D eigenvalue weighted by molar-refractivity contribution is 6.06. The molecule has 0 saturated heterocycles. The van der Waals surface area contributed by atoms with E-state index in [-0.39, 0.29) is 71.6 Å². The molecule has 4 heterocycles. The van der Waals surface area contributed by atoms with E-state index in [0.717, 1.165) is 6.07 Å². The number of phenolic OH excluding ortho intramolecular Hbond substituents is 1. The number of hydrogen-bond donors (Lipinski definition) is 2. The molecule has 3 N–H and O–H groups in total. The number of nitrogens with zero attached hydrogens (tertiary/aromatic N) is 1. The first-order valence-corrected chi connectivity index (χ1v) is 18.7. The Kier molecular flexibility index (Phi) is 16.9. The molecular formula is C42H44F4N2O14. The van der Waals surface area contributed by atoms with Gasteiger partial charge in [0.05, 0.1) is 48.1 Å². The second kappa shape index (κ2) is 22.5. The van der Waals surface area contributed by atoms with Crippen LogP contribution in [0, 0.1) is 23.3 Å². The first kappa shape index (κ1) is 46.7. The number of Topliss-reactive ketones (excluding diaryl/α,β-unsaturated/α-hetero) is 2. The summed E-state index contributed by atoms with van der Waals surface area (Å²) in [5, 5.41) is 12.7. The lowest BCUT2D eigenvalue weighted by molar-refractivity contribution is 0.0951. The van der Waals surface area contributed by atoms with Gasteiger partial charge in [-0.2, -0.15) is 0 Å². The minimum Gasteiger partial charge on any atom is -0.508 e. The van der Waals surface area contributed by atoms with Gasteiger partial charge in [-0.15, -0.1) is 0 Å². The molecule has 334 valence electrons. The number of benzene rings is 4. The van der Waals surface area contributed by atoms with Crippen LogP contribution in [-0.4, -0.2) is 117 Å². The highest BCUT2D eigenvalue weighted by Gasteiger charge is 2.29. The smallest absolute Gasteiger partial charge is 0.206 e. The normalized spacial score (nSPS) is 15.4. The fourth-order valence-electron chi connectivity index (χ4n) is 5.97. The summed E-state index contributed by atoms with van der Waals surface area (Å²) in [5.74, 6) is -0.678. The molecule has 0 aromatic heterocycles. The molecule has 0 fully saturated rings. The molecular weight excluding hydrogens is 832 g/mol. The van der Waals surface area contributed by atoms with Gasteiger partial charge in [0.1, 0.15) is 115 Å². The van der Waals surface area contributed by atoms with Crippen molar-refractivity contribution in [1.82, 2.24) is 0 Å². The SMILES string of the molecule is COCCOc1cc(F)c2c(c1)OC/C2=N\OC.COCCOc1cc(F)c2c(c1)OCC2=O.COCCOc1cc(F)c2c(c1)OCC2N.O=C1COc2cc(O)cc(F)c21. The van der Waals surface area contributed by atoms with Crippen molar-refractivity contribution in [2.75, 3.05) is 94.5 Å². The molecule has 0 spiro atoms. The summed E-state index contributed by atoms with van der Waals surface area (Å²) in [5.41, 5.74) is 6.84. The van der Waals surface area contributed by atoms with E-state index in [2.05, 4.69) is 9.99 Å². The Bertz CT molecular complexity index is 2240. The molecule has 4 aromatic rings. The first-order chi connectivity index (χ1) is 29.9. The summed E-state index contributed by atoms with van der Waals surface area (Å²) < 4.78 is 105. The third-order valence-electron chi connectivity index (χ3n) is 8.75. The van der Waals surface area contributed by atoms with Gasteiger partial charge in [-0.25, -0.2) is 17.6 Å². The lowest BCUT2D eigenvalue weighted by Gasteiger charge is -2.08. The maximum absolute atomic E-state index is 13.9. The van der Waals surface area contributed by atoms with E-state index in [0.29, 0.717) is 91.8 Å². The van der Waals surface area contributed by atoms with Gasteiger partial charge in [0.15, 0.2) is 13.2 Å². The number of ketones is 2. The van der Waals surface area contributed by atoms with Crippen molar-refractivity contribution in [2.45, 2.75) is 6.04 Å². The molecule has 8 rings (SSSR count). The van der Waals surface area contributed by atoms with Crippen molar-refractivity contribution < 1.29 is 84.5 Å². The minimum atomic E-state index is -0.729. The van der Waals surface area contributed by atoms with E-state index in [1.54, 1.807) is 33.5 Å². The molecule has 0 bridgehead atoms. The van der Waals surface area contributed by atoms with Crippen LogP contribution in [0.1, 0.15) is 37.9 Å². The van der Waals surface area contributed by atoms with Crippen molar-refractivity contribution >= 4 is 17.3 Å². The fourth-order valence-corrected chi connectivity index (χ4v) is 5.97. The van der Waals surface area contributed by atoms with Gasteiger partial charge in [0.2, 0.25) is 11.6 Å². The molecule has 0 amide bonds. The lowest BCUT2D eigenvalue weighted by Crippen LogP contribution is -2.12. The largest absolute Gasteiger partial charge is 0.508 e. The molecule has 4 aromatic carbocycles. The first-order valence-electron chi connectivity index (χ1n) is 18.7. The maximum Gasteiger partial charge on any atom is 0.206 e. The van der Waals surface area contributed by atoms with Gasteiger partial charge in [-0.1, -0.05) is 5.16 Å². The summed E-state index contributed by atoms with van der Waals surface area (Å²) in [6.45, 7) is 2.63. The topological polar surface area (TPSA) is 194 Å². The average Bonchev–Trinajstić information content (AvgIpc) is 4.02. The Morgan fingerprint density at radius 3 is 1.53 bits per heavy atom. The summed E-state index contributed by atoms with van der Waals surface area (Å²) in [6.07, 6.45) is 0. The standard InChI is InChI=1S/C12H14FNO4.C11H14FNO3.C11H11FO4.C8H5FO3/c1-15-3-4-17-8-5-9(13)12-10(14-16-2)7-18-11(12)6-8;2*1-14-2-3-15-7-4-8(12)11-9(13)6-16-10(11)5-7;9-5-1-4(10)2-7-8(5)6(11)3-12-7/h5-6H,3-4,7H2,1-2H3;4-5,9H,2-3,6,13H2,1H3;4-5H,2-3,6H2,1H3;1-2,10H,3H2/b14-10+;;;. The van der Waals surface area contributed by atoms with Gasteiger partial charge in [-0.3, -0.25) is 9.59 Å². The van der Waals surface area contributed by atoms with Crippen molar-refractivity contribution in [1.29, 1.82) is 0 Å². The number of hydrogen-bond acceptors (Lipinski definition) is 16. The Morgan fingerprint density at radius 1 is 0.581 bits per heavy atom. The molecule has 1 unspecified atom stereocenters. The number of phenols is 1. The molecule has 1 atom stereocenters. The number of aromatic hydroxyl groups is 1. The fraction of sp³-hybridized carbons (Fsp3) is 0.357. The highest BCUT2D eigenvalue weighted by Crippen LogP contribution is 2.37. The van der Waals surface area contributed by atoms with Crippen molar-refractivity contribution in [3.05, 3.63) is 94.1 Å². The molecule has 62 heavy (non-hydrogen) atoms. The summed E-state index contributed by atoms with van der Waals surface area (Å²) in [6, 6.07) is 10.3. The van der Waals surface area contributed by atoms with Gasteiger partial charge < -0.3 is 63.0 Å². The molecule has 0 aliphatic carbocycles. The average molecular weight is 877 g/mol. The molecule has 0 radical (unpaired) electrons. The van der Waals surface area contributed by atoms with E-state index in [9.17, 15) is 27.2 Å². The number of fused-ring (bicyclic) bond motifs is 4. The van der Waals surface area contributed by atoms with E-state index in [1.165, 1.54) is 37.4 Å². The van der Waals surface area contributed by atoms with E-state index in [4.69, 9.17) is 58.2 Å².